The number of nitrogens with zero attached hydrogens (tertiary/aromatic N) is 2. The van der Waals surface area contributed by atoms with Crippen LogP contribution >= 0.6 is 0 Å². The highest BCUT2D eigenvalue weighted by Gasteiger charge is 2.19. The second kappa shape index (κ2) is 5.75. The molecule has 0 saturated carbocycles. The highest BCUT2D eigenvalue weighted by atomic mass is 32.2. The molecule has 0 bridgehead atoms. The molecular weight excluding hydrogens is 276 g/mol. The van der Waals surface area contributed by atoms with E-state index in [-0.39, 0.29) is 16.5 Å². The van der Waals surface area contributed by atoms with E-state index in [0.29, 0.717) is 18.2 Å². The van der Waals surface area contributed by atoms with E-state index in [4.69, 9.17) is 4.42 Å². The number of sulfone groups is 1. The van der Waals surface area contributed by atoms with Gasteiger partial charge in [-0.05, 0) is 23.6 Å². The van der Waals surface area contributed by atoms with Gasteiger partial charge in [-0.2, -0.15) is 0 Å². The summed E-state index contributed by atoms with van der Waals surface area (Å²) >= 11 is 0. The third-order valence-electron chi connectivity index (χ3n) is 3.03. The van der Waals surface area contributed by atoms with Gasteiger partial charge in [-0.15, -0.1) is 10.2 Å². The fourth-order valence-electron chi connectivity index (χ4n) is 1.80. The molecule has 6 heteroatoms. The van der Waals surface area contributed by atoms with Crippen molar-refractivity contribution < 1.29 is 12.8 Å². The molecule has 2 aromatic rings. The standard InChI is InChI=1S/C14H18N2O3S/c1-4-13-15-16-14(19-13)9-20(17,18)12-7-5-11(6-8-12)10(2)3/h5-8,10H,4,9H2,1-3H3. The molecule has 2 rings (SSSR count). The highest BCUT2D eigenvalue weighted by molar-refractivity contribution is 7.90. The van der Waals surface area contributed by atoms with Crippen molar-refractivity contribution in [2.75, 3.05) is 0 Å². The molecule has 20 heavy (non-hydrogen) atoms. The Morgan fingerprint density at radius 1 is 1.10 bits per heavy atom. The number of aryl methyl sites for hydroxylation is 1. The molecule has 0 fully saturated rings. The van der Waals surface area contributed by atoms with Crippen LogP contribution in [-0.4, -0.2) is 18.6 Å². The van der Waals surface area contributed by atoms with Crippen molar-refractivity contribution >= 4 is 9.84 Å². The van der Waals surface area contributed by atoms with Crippen molar-refractivity contribution in [1.82, 2.24) is 10.2 Å². The first-order valence-corrected chi connectivity index (χ1v) is 8.21. The van der Waals surface area contributed by atoms with Crippen LogP contribution in [0.25, 0.3) is 0 Å². The number of hydrogen-bond donors (Lipinski definition) is 0. The number of hydrogen-bond acceptors (Lipinski definition) is 5. The summed E-state index contributed by atoms with van der Waals surface area (Å²) in [5.74, 6) is 0.691. The smallest absolute Gasteiger partial charge is 0.231 e. The topological polar surface area (TPSA) is 73.1 Å². The van der Waals surface area contributed by atoms with E-state index < -0.39 is 9.84 Å². The van der Waals surface area contributed by atoms with Crippen LogP contribution in [-0.2, 0) is 22.0 Å². The minimum atomic E-state index is -3.45. The van der Waals surface area contributed by atoms with Gasteiger partial charge in [0.25, 0.3) is 0 Å². The van der Waals surface area contributed by atoms with Crippen molar-refractivity contribution in [2.45, 2.75) is 43.8 Å². The van der Waals surface area contributed by atoms with E-state index >= 15 is 0 Å². The van der Waals surface area contributed by atoms with Crippen molar-refractivity contribution in [3.8, 4) is 0 Å². The first-order valence-electron chi connectivity index (χ1n) is 6.56. The Morgan fingerprint density at radius 2 is 1.70 bits per heavy atom. The normalized spacial score (nSPS) is 12.0. The molecule has 0 atom stereocenters. The lowest BCUT2D eigenvalue weighted by Gasteiger charge is -2.06. The molecule has 5 nitrogen and oxygen atoms in total. The van der Waals surface area contributed by atoms with Gasteiger partial charge in [0, 0.05) is 6.42 Å². The maximum absolute atomic E-state index is 12.3. The zero-order chi connectivity index (χ0) is 14.8. The molecule has 0 N–H and O–H groups in total. The minimum absolute atomic E-state index is 0.134. The number of aromatic nitrogens is 2. The first kappa shape index (κ1) is 14.7. The van der Waals surface area contributed by atoms with Gasteiger partial charge in [0.15, 0.2) is 9.84 Å². The Hall–Kier alpha value is -1.69. The number of benzene rings is 1. The average Bonchev–Trinajstić information content (AvgIpc) is 2.85. The Labute approximate surface area is 119 Å². The third kappa shape index (κ3) is 3.25. The Bertz CT molecular complexity index is 673. The van der Waals surface area contributed by atoms with Gasteiger partial charge in [0.1, 0.15) is 5.75 Å². The van der Waals surface area contributed by atoms with Gasteiger partial charge in [0.05, 0.1) is 4.90 Å². The Balaban J connectivity index is 2.21. The van der Waals surface area contributed by atoms with Crippen LogP contribution < -0.4 is 0 Å². The number of rotatable bonds is 5. The molecule has 1 aromatic heterocycles. The van der Waals surface area contributed by atoms with E-state index in [1.54, 1.807) is 12.1 Å². The Kier molecular flexibility index (Phi) is 4.23. The second-order valence-electron chi connectivity index (χ2n) is 4.93. The summed E-state index contributed by atoms with van der Waals surface area (Å²) in [6.07, 6.45) is 0.593. The van der Waals surface area contributed by atoms with Crippen LogP contribution in [0.2, 0.25) is 0 Å². The predicted octanol–water partition coefficient (Wildman–Crippen LogP) is 2.73. The van der Waals surface area contributed by atoms with Gasteiger partial charge in [-0.3, -0.25) is 0 Å². The van der Waals surface area contributed by atoms with Gasteiger partial charge in [0.2, 0.25) is 11.8 Å². The molecule has 0 saturated heterocycles. The van der Waals surface area contributed by atoms with E-state index in [1.807, 2.05) is 19.1 Å². The summed E-state index contributed by atoms with van der Waals surface area (Å²) in [5, 5.41) is 7.52. The van der Waals surface area contributed by atoms with Crippen LogP contribution in [0.1, 0.15) is 44.0 Å². The molecule has 1 aromatic carbocycles. The summed E-state index contributed by atoms with van der Waals surface area (Å²) in [6, 6.07) is 6.93. The molecule has 0 aliphatic heterocycles. The van der Waals surface area contributed by atoms with Crippen LogP contribution in [0.15, 0.2) is 33.6 Å². The molecule has 0 spiro atoms. The second-order valence-corrected chi connectivity index (χ2v) is 6.92. The van der Waals surface area contributed by atoms with E-state index in [9.17, 15) is 8.42 Å². The summed E-state index contributed by atoms with van der Waals surface area (Å²) in [6.45, 7) is 6.00. The molecule has 0 unspecified atom stereocenters. The van der Waals surface area contributed by atoms with Crippen LogP contribution in [0.4, 0.5) is 0 Å². The zero-order valence-corrected chi connectivity index (χ0v) is 12.6. The molecule has 0 radical (unpaired) electrons. The lowest BCUT2D eigenvalue weighted by molar-refractivity contribution is 0.465. The maximum atomic E-state index is 12.3. The Morgan fingerprint density at radius 3 is 2.20 bits per heavy atom. The van der Waals surface area contributed by atoms with Crippen molar-refractivity contribution in [3.05, 3.63) is 41.6 Å². The molecule has 0 amide bonds. The lowest BCUT2D eigenvalue weighted by atomic mass is 10.0. The molecule has 0 aliphatic rings. The molecule has 0 aliphatic carbocycles. The zero-order valence-electron chi connectivity index (χ0n) is 11.8. The first-order chi connectivity index (χ1) is 9.42. The SMILES string of the molecule is CCc1nnc(CS(=O)(=O)c2ccc(C(C)C)cc2)o1. The van der Waals surface area contributed by atoms with Crippen molar-refractivity contribution in [3.63, 3.8) is 0 Å². The predicted molar refractivity (Wildman–Crippen MR) is 75.1 cm³/mol. The fourth-order valence-corrected chi connectivity index (χ4v) is 2.95. The van der Waals surface area contributed by atoms with Crippen LogP contribution in [0, 0.1) is 0 Å². The summed E-state index contributed by atoms with van der Waals surface area (Å²) in [5.41, 5.74) is 1.11. The van der Waals surface area contributed by atoms with E-state index in [0.717, 1.165) is 5.56 Å². The summed E-state index contributed by atoms with van der Waals surface area (Å²) < 4.78 is 29.8. The highest BCUT2D eigenvalue weighted by Crippen LogP contribution is 2.20. The fraction of sp³-hybridized carbons (Fsp3) is 0.429. The monoisotopic (exact) mass is 294 g/mol. The minimum Gasteiger partial charge on any atom is -0.424 e. The van der Waals surface area contributed by atoms with E-state index in [2.05, 4.69) is 24.0 Å². The van der Waals surface area contributed by atoms with Crippen LogP contribution in [0.3, 0.4) is 0 Å². The van der Waals surface area contributed by atoms with E-state index in [1.165, 1.54) is 0 Å². The van der Waals surface area contributed by atoms with Crippen LogP contribution in [0.5, 0.6) is 0 Å². The van der Waals surface area contributed by atoms with Gasteiger partial charge < -0.3 is 4.42 Å². The molecule has 1 heterocycles. The summed E-state index contributed by atoms with van der Waals surface area (Å²) in [4.78, 5) is 0.276. The van der Waals surface area contributed by atoms with Crippen molar-refractivity contribution in [2.24, 2.45) is 0 Å². The summed E-state index contributed by atoms with van der Waals surface area (Å²) in [7, 11) is -3.45. The molecule has 108 valence electrons. The maximum Gasteiger partial charge on any atom is 0.231 e. The average molecular weight is 294 g/mol. The van der Waals surface area contributed by atoms with Crippen molar-refractivity contribution in [1.29, 1.82) is 0 Å². The third-order valence-corrected chi connectivity index (χ3v) is 4.65. The largest absolute Gasteiger partial charge is 0.424 e. The van der Waals surface area contributed by atoms with Gasteiger partial charge >= 0.3 is 0 Å². The molecular formula is C14H18N2O3S. The van der Waals surface area contributed by atoms with Gasteiger partial charge in [-0.25, -0.2) is 8.42 Å². The lowest BCUT2D eigenvalue weighted by Crippen LogP contribution is -2.05. The van der Waals surface area contributed by atoms with Gasteiger partial charge in [-0.1, -0.05) is 32.9 Å². The quantitative estimate of drug-likeness (QED) is 0.847.